The molecule has 19 heavy (non-hydrogen) atoms. The molecule has 1 saturated heterocycles. The molecule has 0 radical (unpaired) electrons. The number of aryl methyl sites for hydroxylation is 1. The van der Waals surface area contributed by atoms with Gasteiger partial charge in [0, 0.05) is 26.7 Å². The smallest absolute Gasteiger partial charge is 0.272 e. The molecule has 0 saturated carbocycles. The standard InChI is InChI=1S/C13H22N4O2/c1-16-10-15-9-12(16)13(18)17-6-3-11(4-7-17)19-8-2-5-14/h9-11H,2-8,14H2,1H3. The molecule has 0 aromatic carbocycles. The van der Waals surface area contributed by atoms with Crippen LogP contribution in [-0.2, 0) is 11.8 Å². The van der Waals surface area contributed by atoms with E-state index in [-0.39, 0.29) is 12.0 Å². The number of ether oxygens (including phenoxy) is 1. The number of nitrogens with zero attached hydrogens (tertiary/aromatic N) is 3. The van der Waals surface area contributed by atoms with Gasteiger partial charge in [0.2, 0.25) is 0 Å². The molecule has 0 spiro atoms. The van der Waals surface area contributed by atoms with E-state index in [1.807, 2.05) is 11.9 Å². The van der Waals surface area contributed by atoms with Gasteiger partial charge in [0.15, 0.2) is 0 Å². The number of hydrogen-bond acceptors (Lipinski definition) is 4. The second kappa shape index (κ2) is 6.68. The van der Waals surface area contributed by atoms with Crippen LogP contribution >= 0.6 is 0 Å². The number of nitrogens with two attached hydrogens (primary N) is 1. The quantitative estimate of drug-likeness (QED) is 0.782. The summed E-state index contributed by atoms with van der Waals surface area (Å²) < 4.78 is 7.49. The van der Waals surface area contributed by atoms with E-state index in [1.54, 1.807) is 17.1 Å². The van der Waals surface area contributed by atoms with Crippen LogP contribution in [0.4, 0.5) is 0 Å². The Morgan fingerprint density at radius 1 is 1.53 bits per heavy atom. The minimum atomic E-state index is 0.0559. The largest absolute Gasteiger partial charge is 0.378 e. The van der Waals surface area contributed by atoms with E-state index >= 15 is 0 Å². The van der Waals surface area contributed by atoms with Gasteiger partial charge in [-0.3, -0.25) is 4.79 Å². The molecule has 0 aliphatic carbocycles. The van der Waals surface area contributed by atoms with Gasteiger partial charge in [-0.1, -0.05) is 0 Å². The number of likely N-dealkylation sites (tertiary alicyclic amines) is 1. The predicted molar refractivity (Wildman–Crippen MR) is 71.8 cm³/mol. The van der Waals surface area contributed by atoms with Crippen molar-refractivity contribution in [2.45, 2.75) is 25.4 Å². The third-order valence-corrected chi connectivity index (χ3v) is 3.47. The molecule has 0 bridgehead atoms. The fraction of sp³-hybridized carbons (Fsp3) is 0.692. The summed E-state index contributed by atoms with van der Waals surface area (Å²) in [6.45, 7) is 2.88. The average Bonchev–Trinajstić information content (AvgIpc) is 2.85. The van der Waals surface area contributed by atoms with Crippen molar-refractivity contribution in [1.29, 1.82) is 0 Å². The fourth-order valence-electron chi connectivity index (χ4n) is 2.28. The summed E-state index contributed by atoms with van der Waals surface area (Å²) in [6.07, 6.45) is 6.22. The Morgan fingerprint density at radius 3 is 2.84 bits per heavy atom. The Labute approximate surface area is 113 Å². The Hall–Kier alpha value is -1.40. The molecule has 6 nitrogen and oxygen atoms in total. The summed E-state index contributed by atoms with van der Waals surface area (Å²) in [7, 11) is 1.84. The van der Waals surface area contributed by atoms with Gasteiger partial charge in [-0.15, -0.1) is 0 Å². The molecule has 2 rings (SSSR count). The van der Waals surface area contributed by atoms with Crippen LogP contribution in [0.3, 0.4) is 0 Å². The highest BCUT2D eigenvalue weighted by Crippen LogP contribution is 2.16. The first-order valence-corrected chi connectivity index (χ1v) is 6.79. The van der Waals surface area contributed by atoms with E-state index in [1.165, 1.54) is 0 Å². The van der Waals surface area contributed by atoms with Crippen LogP contribution in [0.1, 0.15) is 29.8 Å². The number of hydrogen-bond donors (Lipinski definition) is 1. The third-order valence-electron chi connectivity index (χ3n) is 3.47. The van der Waals surface area contributed by atoms with Crippen LogP contribution in [0.5, 0.6) is 0 Å². The van der Waals surface area contributed by atoms with Crippen LogP contribution in [0.25, 0.3) is 0 Å². The Balaban J connectivity index is 1.80. The number of rotatable bonds is 5. The number of carbonyl (C=O) groups excluding carboxylic acids is 1. The van der Waals surface area contributed by atoms with Crippen LogP contribution in [0.2, 0.25) is 0 Å². The zero-order chi connectivity index (χ0) is 13.7. The average molecular weight is 266 g/mol. The van der Waals surface area contributed by atoms with Gasteiger partial charge in [-0.2, -0.15) is 0 Å². The SMILES string of the molecule is Cn1cncc1C(=O)N1CCC(OCCCN)CC1. The molecule has 1 aliphatic heterocycles. The van der Waals surface area contributed by atoms with Crippen molar-refractivity contribution in [3.63, 3.8) is 0 Å². The highest BCUT2D eigenvalue weighted by molar-refractivity contribution is 5.92. The number of imidazole rings is 1. The highest BCUT2D eigenvalue weighted by atomic mass is 16.5. The number of piperidine rings is 1. The van der Waals surface area contributed by atoms with Crippen molar-refractivity contribution in [3.8, 4) is 0 Å². The van der Waals surface area contributed by atoms with E-state index in [9.17, 15) is 4.79 Å². The molecule has 0 atom stereocenters. The minimum Gasteiger partial charge on any atom is -0.378 e. The maximum Gasteiger partial charge on any atom is 0.272 e. The normalized spacial score (nSPS) is 16.8. The second-order valence-corrected chi connectivity index (χ2v) is 4.89. The number of aromatic nitrogens is 2. The molecule has 2 heterocycles. The lowest BCUT2D eigenvalue weighted by Gasteiger charge is -2.31. The molecular formula is C13H22N4O2. The second-order valence-electron chi connectivity index (χ2n) is 4.89. The summed E-state index contributed by atoms with van der Waals surface area (Å²) in [6, 6.07) is 0. The summed E-state index contributed by atoms with van der Waals surface area (Å²) in [5, 5.41) is 0. The van der Waals surface area contributed by atoms with Gasteiger partial charge in [0.25, 0.3) is 5.91 Å². The summed E-state index contributed by atoms with van der Waals surface area (Å²) in [5.41, 5.74) is 6.07. The molecule has 1 aliphatic rings. The Morgan fingerprint density at radius 2 is 2.26 bits per heavy atom. The molecule has 1 fully saturated rings. The number of amides is 1. The van der Waals surface area contributed by atoms with Crippen molar-refractivity contribution < 1.29 is 9.53 Å². The van der Waals surface area contributed by atoms with E-state index in [0.717, 1.165) is 39.0 Å². The van der Waals surface area contributed by atoms with Gasteiger partial charge >= 0.3 is 0 Å². The molecular weight excluding hydrogens is 244 g/mol. The molecule has 106 valence electrons. The van der Waals surface area contributed by atoms with Crippen molar-refractivity contribution in [2.75, 3.05) is 26.2 Å². The maximum atomic E-state index is 12.3. The minimum absolute atomic E-state index is 0.0559. The van der Waals surface area contributed by atoms with Crippen molar-refractivity contribution >= 4 is 5.91 Å². The number of carbonyl (C=O) groups is 1. The maximum absolute atomic E-state index is 12.3. The molecule has 6 heteroatoms. The third kappa shape index (κ3) is 3.54. The van der Waals surface area contributed by atoms with E-state index in [4.69, 9.17) is 10.5 Å². The van der Waals surface area contributed by atoms with Gasteiger partial charge in [0.05, 0.1) is 18.6 Å². The lowest BCUT2D eigenvalue weighted by atomic mass is 10.1. The predicted octanol–water partition coefficient (Wildman–Crippen LogP) is 0.390. The van der Waals surface area contributed by atoms with Crippen LogP contribution in [-0.4, -0.2) is 52.7 Å². The fourth-order valence-corrected chi connectivity index (χ4v) is 2.28. The van der Waals surface area contributed by atoms with Crippen molar-refractivity contribution in [3.05, 3.63) is 18.2 Å². The molecule has 1 aromatic heterocycles. The van der Waals surface area contributed by atoms with Gasteiger partial charge in [-0.25, -0.2) is 4.98 Å². The molecule has 0 unspecified atom stereocenters. The first kappa shape index (κ1) is 14.0. The lowest BCUT2D eigenvalue weighted by Crippen LogP contribution is -2.41. The summed E-state index contributed by atoms with van der Waals surface area (Å²) in [4.78, 5) is 18.1. The zero-order valence-corrected chi connectivity index (χ0v) is 11.4. The molecule has 1 aromatic rings. The van der Waals surface area contributed by atoms with Gasteiger partial charge in [-0.05, 0) is 25.8 Å². The van der Waals surface area contributed by atoms with Crippen LogP contribution in [0, 0.1) is 0 Å². The van der Waals surface area contributed by atoms with Crippen molar-refractivity contribution in [2.24, 2.45) is 12.8 Å². The van der Waals surface area contributed by atoms with Gasteiger partial charge in [0.1, 0.15) is 5.69 Å². The van der Waals surface area contributed by atoms with Gasteiger partial charge < -0.3 is 19.9 Å². The van der Waals surface area contributed by atoms with Crippen LogP contribution in [0.15, 0.2) is 12.5 Å². The molecule has 1 amide bonds. The van der Waals surface area contributed by atoms with E-state index in [0.29, 0.717) is 12.2 Å². The summed E-state index contributed by atoms with van der Waals surface area (Å²) in [5.74, 6) is 0.0559. The Bertz CT molecular complexity index is 411. The monoisotopic (exact) mass is 266 g/mol. The lowest BCUT2D eigenvalue weighted by molar-refractivity contribution is 0.00820. The topological polar surface area (TPSA) is 73.4 Å². The molecule has 2 N–H and O–H groups in total. The van der Waals surface area contributed by atoms with E-state index < -0.39 is 0 Å². The van der Waals surface area contributed by atoms with Crippen molar-refractivity contribution in [1.82, 2.24) is 14.5 Å². The highest BCUT2D eigenvalue weighted by Gasteiger charge is 2.25. The summed E-state index contributed by atoms with van der Waals surface area (Å²) >= 11 is 0. The first-order valence-electron chi connectivity index (χ1n) is 6.79. The first-order chi connectivity index (χ1) is 9.22. The zero-order valence-electron chi connectivity index (χ0n) is 11.4. The Kier molecular flexibility index (Phi) is 4.93. The van der Waals surface area contributed by atoms with E-state index in [2.05, 4.69) is 4.98 Å². The van der Waals surface area contributed by atoms with Crippen LogP contribution < -0.4 is 5.73 Å².